The van der Waals surface area contributed by atoms with Crippen LogP contribution in [-0.2, 0) is 0 Å². The molecule has 0 N–H and O–H groups in total. The topological polar surface area (TPSA) is 43.1 Å². The predicted molar refractivity (Wildman–Crippen MR) is 34.2 cm³/mol. The summed E-state index contributed by atoms with van der Waals surface area (Å²) in [5.41, 5.74) is -0.271. The van der Waals surface area contributed by atoms with Crippen LogP contribution in [0.1, 0.15) is 20.8 Å². The van der Waals surface area contributed by atoms with Crippen molar-refractivity contribution < 1.29 is 4.92 Å². The van der Waals surface area contributed by atoms with Crippen LogP contribution in [0.5, 0.6) is 0 Å². The minimum Gasteiger partial charge on any atom is -0.249 e. The molecule has 0 aliphatic heterocycles. The lowest BCUT2D eigenvalue weighted by molar-refractivity contribution is -0.379. The summed E-state index contributed by atoms with van der Waals surface area (Å²) >= 11 is 0. The zero-order valence-corrected chi connectivity index (χ0v) is 5.76. The standard InChI is InChI=1S/C6H9NO2/c1-6(2,3)4-5-7(8)9/h1-3H3. The van der Waals surface area contributed by atoms with E-state index >= 15 is 0 Å². The van der Waals surface area contributed by atoms with Crippen LogP contribution in [-0.4, -0.2) is 4.92 Å². The highest BCUT2D eigenvalue weighted by Gasteiger charge is 2.05. The Hall–Kier alpha value is -1.04. The Morgan fingerprint density at radius 1 is 1.44 bits per heavy atom. The molecule has 50 valence electrons. The minimum atomic E-state index is -0.634. The molecule has 0 bridgehead atoms. The Balaban J connectivity index is 4.04. The van der Waals surface area contributed by atoms with E-state index in [1.807, 2.05) is 26.8 Å². The molecule has 0 aromatic rings. The van der Waals surface area contributed by atoms with Crippen molar-refractivity contribution in [3.63, 3.8) is 0 Å². The summed E-state index contributed by atoms with van der Waals surface area (Å²) in [7, 11) is 0. The lowest BCUT2D eigenvalue weighted by Gasteiger charge is -2.03. The molecule has 0 unspecified atom stereocenters. The van der Waals surface area contributed by atoms with Crippen molar-refractivity contribution in [2.24, 2.45) is 5.41 Å². The molecule has 0 rings (SSSR count). The summed E-state index contributed by atoms with van der Waals surface area (Å²) in [5, 5.41) is 9.68. The Labute approximate surface area is 54.2 Å². The molecular weight excluding hydrogens is 118 g/mol. The molecule has 0 aliphatic carbocycles. The number of hydrogen-bond donors (Lipinski definition) is 0. The zero-order valence-electron chi connectivity index (χ0n) is 5.76. The molecule has 0 saturated heterocycles. The molecule has 0 atom stereocenters. The van der Waals surface area contributed by atoms with Crippen LogP contribution in [0.25, 0.3) is 0 Å². The third-order valence-corrected chi connectivity index (χ3v) is 0.522. The quantitative estimate of drug-likeness (QED) is 0.213. The van der Waals surface area contributed by atoms with Crippen LogP contribution in [0.15, 0.2) is 0 Å². The lowest BCUT2D eigenvalue weighted by Crippen LogP contribution is -2.00. The SMILES string of the molecule is CC(C)(C)C#C[N+](=O)[O-]. The second-order valence-corrected chi connectivity index (χ2v) is 2.74. The number of rotatable bonds is 0. The maximum absolute atomic E-state index is 9.68. The van der Waals surface area contributed by atoms with Gasteiger partial charge in [-0.2, -0.15) is 0 Å². The van der Waals surface area contributed by atoms with E-state index in [1.165, 1.54) is 0 Å². The average molecular weight is 127 g/mol. The van der Waals surface area contributed by atoms with Crippen molar-refractivity contribution in [1.82, 2.24) is 0 Å². The van der Waals surface area contributed by atoms with Gasteiger partial charge < -0.3 is 0 Å². The van der Waals surface area contributed by atoms with E-state index in [2.05, 4.69) is 5.92 Å². The van der Waals surface area contributed by atoms with Crippen molar-refractivity contribution in [3.05, 3.63) is 10.1 Å². The van der Waals surface area contributed by atoms with Gasteiger partial charge in [0.15, 0.2) is 0 Å². The Bertz CT molecular complexity index is 168. The van der Waals surface area contributed by atoms with Gasteiger partial charge in [0.25, 0.3) is 6.04 Å². The molecule has 0 fully saturated rings. The maximum atomic E-state index is 9.68. The second kappa shape index (κ2) is 2.49. The Kier molecular flexibility index (Phi) is 2.20. The summed E-state index contributed by atoms with van der Waals surface area (Å²) in [4.78, 5) is 9.04. The molecule has 0 spiro atoms. The third-order valence-electron chi connectivity index (χ3n) is 0.522. The summed E-state index contributed by atoms with van der Waals surface area (Å²) in [6.45, 7) is 5.47. The van der Waals surface area contributed by atoms with Crippen LogP contribution >= 0.6 is 0 Å². The molecule has 0 amide bonds. The summed E-state index contributed by atoms with van der Waals surface area (Å²) in [5.74, 6) is 2.47. The van der Waals surface area contributed by atoms with Crippen LogP contribution in [0.4, 0.5) is 0 Å². The first-order chi connectivity index (χ1) is 3.92. The highest BCUT2D eigenvalue weighted by molar-refractivity contribution is 5.01. The van der Waals surface area contributed by atoms with E-state index in [1.54, 1.807) is 0 Å². The molecule has 3 nitrogen and oxygen atoms in total. The molecule has 3 heteroatoms. The molecule has 0 aliphatic rings. The monoisotopic (exact) mass is 127 g/mol. The molecule has 0 saturated carbocycles. The van der Waals surface area contributed by atoms with Crippen molar-refractivity contribution in [3.8, 4) is 12.0 Å². The van der Waals surface area contributed by atoms with Gasteiger partial charge >= 0.3 is 0 Å². The van der Waals surface area contributed by atoms with E-state index in [9.17, 15) is 10.1 Å². The molecule has 0 heterocycles. The van der Waals surface area contributed by atoms with Gasteiger partial charge in [-0.3, -0.25) is 0 Å². The van der Waals surface area contributed by atoms with Crippen molar-refractivity contribution in [1.29, 1.82) is 0 Å². The van der Waals surface area contributed by atoms with Gasteiger partial charge in [-0.1, -0.05) is 0 Å². The van der Waals surface area contributed by atoms with Gasteiger partial charge in [-0.25, -0.2) is 10.1 Å². The largest absolute Gasteiger partial charge is 0.290 e. The van der Waals surface area contributed by atoms with E-state index in [4.69, 9.17) is 0 Å². The Morgan fingerprint density at radius 3 is 2.00 bits per heavy atom. The van der Waals surface area contributed by atoms with Gasteiger partial charge in [0, 0.05) is 5.41 Å². The normalized spacial score (nSPS) is 9.67. The van der Waals surface area contributed by atoms with Crippen molar-refractivity contribution in [2.45, 2.75) is 20.8 Å². The van der Waals surface area contributed by atoms with E-state index < -0.39 is 4.92 Å². The highest BCUT2D eigenvalue weighted by Crippen LogP contribution is 2.09. The van der Waals surface area contributed by atoms with E-state index in [0.717, 1.165) is 0 Å². The Morgan fingerprint density at radius 2 is 1.89 bits per heavy atom. The van der Waals surface area contributed by atoms with E-state index in [0.29, 0.717) is 0 Å². The molecule has 0 aromatic heterocycles. The second-order valence-electron chi connectivity index (χ2n) is 2.74. The van der Waals surface area contributed by atoms with Crippen LogP contribution < -0.4 is 0 Å². The van der Waals surface area contributed by atoms with Gasteiger partial charge in [0.1, 0.15) is 4.92 Å². The minimum absolute atomic E-state index is 0.271. The van der Waals surface area contributed by atoms with E-state index in [-0.39, 0.29) is 5.41 Å². The van der Waals surface area contributed by atoms with Gasteiger partial charge in [0.2, 0.25) is 0 Å². The molecule has 0 aromatic carbocycles. The van der Waals surface area contributed by atoms with Crippen molar-refractivity contribution in [2.75, 3.05) is 0 Å². The third kappa shape index (κ3) is 6.96. The summed E-state index contributed by atoms with van der Waals surface area (Å²) in [6.07, 6.45) is 0. The number of nitro groups is 1. The highest BCUT2D eigenvalue weighted by atomic mass is 16.6. The average Bonchev–Trinajstić information content (AvgIpc) is 1.59. The zero-order chi connectivity index (χ0) is 7.49. The number of hydrogen-bond acceptors (Lipinski definition) is 2. The molecular formula is C6H9NO2. The predicted octanol–water partition coefficient (Wildman–Crippen LogP) is 1.27. The first-order valence-corrected chi connectivity index (χ1v) is 2.59. The summed E-state index contributed by atoms with van der Waals surface area (Å²) in [6, 6.07) is 1.86. The first-order valence-electron chi connectivity index (χ1n) is 2.59. The number of nitrogens with zero attached hydrogens (tertiary/aromatic N) is 1. The van der Waals surface area contributed by atoms with Crippen molar-refractivity contribution >= 4 is 0 Å². The summed E-state index contributed by atoms with van der Waals surface area (Å²) < 4.78 is 0. The maximum Gasteiger partial charge on any atom is 0.290 e. The van der Waals surface area contributed by atoms with Gasteiger partial charge in [0.05, 0.1) is 0 Å². The molecule has 0 radical (unpaired) electrons. The fraction of sp³-hybridized carbons (Fsp3) is 0.667. The fourth-order valence-electron chi connectivity index (χ4n) is 0.213. The lowest BCUT2D eigenvalue weighted by atomic mass is 9.99. The first kappa shape index (κ1) is 7.96. The molecule has 9 heavy (non-hydrogen) atoms. The van der Waals surface area contributed by atoms with Gasteiger partial charge in [-0.05, 0) is 26.7 Å². The van der Waals surface area contributed by atoms with Crippen LogP contribution in [0, 0.1) is 27.5 Å². The van der Waals surface area contributed by atoms with Crippen LogP contribution in [0.3, 0.4) is 0 Å². The smallest absolute Gasteiger partial charge is 0.249 e. The van der Waals surface area contributed by atoms with Gasteiger partial charge in [-0.15, -0.1) is 0 Å². The fourth-order valence-corrected chi connectivity index (χ4v) is 0.213. The van der Waals surface area contributed by atoms with Crippen LogP contribution in [0.2, 0.25) is 0 Å².